The number of hydrogen-bond acceptors (Lipinski definition) is 3. The van der Waals surface area contributed by atoms with Crippen molar-refractivity contribution < 1.29 is 8.42 Å². The van der Waals surface area contributed by atoms with Crippen molar-refractivity contribution in [2.75, 3.05) is 38.5 Å². The van der Waals surface area contributed by atoms with Crippen LogP contribution in [0.1, 0.15) is 31.9 Å². The Morgan fingerprint density at radius 1 is 1.18 bits per heavy atom. The van der Waals surface area contributed by atoms with Gasteiger partial charge >= 0.3 is 0 Å². The molecule has 0 bridgehead atoms. The second-order valence-electron chi connectivity index (χ2n) is 6.65. The number of H-pyrrole nitrogens is 1. The van der Waals surface area contributed by atoms with Gasteiger partial charge in [-0.2, -0.15) is 0 Å². The molecule has 3 N–H and O–H groups in total. The Labute approximate surface area is 168 Å². The van der Waals surface area contributed by atoms with Crippen molar-refractivity contribution in [3.8, 4) is 0 Å². The highest BCUT2D eigenvalue weighted by Crippen LogP contribution is 2.21. The smallest absolute Gasteiger partial charge is 0.215 e. The highest BCUT2D eigenvalue weighted by molar-refractivity contribution is 7.89. The quantitative estimate of drug-likeness (QED) is 0.416. The van der Waals surface area contributed by atoms with E-state index in [-0.39, 0.29) is 12.3 Å². The van der Waals surface area contributed by atoms with Crippen LogP contribution >= 0.6 is 0 Å². The number of nitrogens with one attached hydrogen (secondary N) is 3. The Hall–Kier alpha value is -2.06. The largest absolute Gasteiger partial charge is 0.361 e. The van der Waals surface area contributed by atoms with E-state index in [9.17, 15) is 8.42 Å². The molecule has 0 radical (unpaired) electrons. The lowest BCUT2D eigenvalue weighted by atomic mass is 10.1. The standard InChI is InChI=1S/C20H33N5O2S/c1-5-21-20(23-13-14-28(26,27)25(6-2)7-3)22-12-11-17-15-24-19-16(4)9-8-10-18(17)19/h8-10,15,24H,5-7,11-14H2,1-4H3,(H2,21,22,23). The summed E-state index contributed by atoms with van der Waals surface area (Å²) in [5.74, 6) is 0.667. The SMILES string of the molecule is CCNC(=NCCS(=O)(=O)N(CC)CC)NCCc1c[nH]c2c(C)cccc12. The van der Waals surface area contributed by atoms with Gasteiger partial charge in [-0.3, -0.25) is 4.99 Å². The number of para-hydroxylation sites is 1. The first-order valence-electron chi connectivity index (χ1n) is 9.98. The van der Waals surface area contributed by atoms with E-state index in [0.29, 0.717) is 19.0 Å². The monoisotopic (exact) mass is 407 g/mol. The van der Waals surface area contributed by atoms with Crippen LogP contribution in [0.3, 0.4) is 0 Å². The average molecular weight is 408 g/mol. The van der Waals surface area contributed by atoms with E-state index in [1.165, 1.54) is 26.3 Å². The van der Waals surface area contributed by atoms with E-state index in [0.717, 1.165) is 19.5 Å². The molecule has 0 saturated carbocycles. The van der Waals surface area contributed by atoms with E-state index in [2.05, 4.69) is 51.9 Å². The Balaban J connectivity index is 1.93. The number of guanidine groups is 1. The molecule has 0 unspecified atom stereocenters. The molecular formula is C20H33N5O2S. The van der Waals surface area contributed by atoms with Crippen molar-refractivity contribution in [3.05, 3.63) is 35.5 Å². The number of aromatic nitrogens is 1. The molecule has 0 aliphatic carbocycles. The molecule has 0 fully saturated rings. The van der Waals surface area contributed by atoms with Crippen LogP contribution in [0.4, 0.5) is 0 Å². The third-order valence-electron chi connectivity index (χ3n) is 4.76. The molecule has 2 rings (SSSR count). The summed E-state index contributed by atoms with van der Waals surface area (Å²) in [6, 6.07) is 6.30. The summed E-state index contributed by atoms with van der Waals surface area (Å²) >= 11 is 0. The van der Waals surface area contributed by atoms with Crippen molar-refractivity contribution in [1.29, 1.82) is 0 Å². The van der Waals surface area contributed by atoms with E-state index in [4.69, 9.17) is 0 Å². The van der Waals surface area contributed by atoms with Gasteiger partial charge in [0.25, 0.3) is 0 Å². The van der Waals surface area contributed by atoms with Crippen molar-refractivity contribution in [2.45, 2.75) is 34.1 Å². The maximum atomic E-state index is 12.3. The van der Waals surface area contributed by atoms with Crippen molar-refractivity contribution >= 4 is 26.9 Å². The molecule has 28 heavy (non-hydrogen) atoms. The minimum atomic E-state index is -3.25. The van der Waals surface area contributed by atoms with Gasteiger partial charge in [-0.05, 0) is 31.4 Å². The number of aromatic amines is 1. The third kappa shape index (κ3) is 5.72. The fraction of sp³-hybridized carbons (Fsp3) is 0.550. The number of nitrogens with zero attached hydrogens (tertiary/aromatic N) is 2. The van der Waals surface area contributed by atoms with Gasteiger partial charge in [0.05, 0.1) is 12.3 Å². The van der Waals surface area contributed by atoms with E-state index >= 15 is 0 Å². The summed E-state index contributed by atoms with van der Waals surface area (Å²) in [5, 5.41) is 7.72. The highest BCUT2D eigenvalue weighted by Gasteiger charge is 2.17. The van der Waals surface area contributed by atoms with Crippen LogP contribution in [0.25, 0.3) is 10.9 Å². The Kier molecular flexibility index (Phi) is 8.32. The summed E-state index contributed by atoms with van der Waals surface area (Å²) in [7, 11) is -3.25. The van der Waals surface area contributed by atoms with Crippen LogP contribution in [0, 0.1) is 6.92 Å². The number of rotatable bonds is 10. The number of aliphatic imine (C=N–C) groups is 1. The minimum Gasteiger partial charge on any atom is -0.361 e. The number of benzene rings is 1. The molecule has 8 heteroatoms. The van der Waals surface area contributed by atoms with Gasteiger partial charge in [-0.1, -0.05) is 32.0 Å². The lowest BCUT2D eigenvalue weighted by molar-refractivity contribution is 0.445. The van der Waals surface area contributed by atoms with Crippen LogP contribution in [0.5, 0.6) is 0 Å². The van der Waals surface area contributed by atoms with Gasteiger partial charge in [0.15, 0.2) is 5.96 Å². The van der Waals surface area contributed by atoms with E-state index in [1.807, 2.05) is 20.8 Å². The molecular weight excluding hydrogens is 374 g/mol. The summed E-state index contributed by atoms with van der Waals surface area (Å²) in [6.07, 6.45) is 2.91. The van der Waals surface area contributed by atoms with Gasteiger partial charge in [0.1, 0.15) is 0 Å². The first-order chi connectivity index (χ1) is 13.4. The topological polar surface area (TPSA) is 89.6 Å². The summed E-state index contributed by atoms with van der Waals surface area (Å²) in [4.78, 5) is 7.77. The minimum absolute atomic E-state index is 0.0208. The molecule has 1 heterocycles. The van der Waals surface area contributed by atoms with Crippen molar-refractivity contribution in [3.63, 3.8) is 0 Å². The van der Waals surface area contributed by atoms with Gasteiger partial charge in [0, 0.05) is 43.3 Å². The molecule has 1 aromatic carbocycles. The molecule has 0 saturated heterocycles. The second kappa shape index (κ2) is 10.5. The van der Waals surface area contributed by atoms with E-state index < -0.39 is 10.0 Å². The summed E-state index contributed by atoms with van der Waals surface area (Å²) < 4.78 is 26.0. The Morgan fingerprint density at radius 2 is 1.93 bits per heavy atom. The molecule has 0 spiro atoms. The summed E-state index contributed by atoms with van der Waals surface area (Å²) in [5.41, 5.74) is 3.67. The predicted octanol–water partition coefficient (Wildman–Crippen LogP) is 2.25. The van der Waals surface area contributed by atoms with Gasteiger partial charge in [-0.15, -0.1) is 0 Å². The average Bonchev–Trinajstić information content (AvgIpc) is 3.07. The molecule has 156 valence electrons. The number of fused-ring (bicyclic) bond motifs is 1. The van der Waals surface area contributed by atoms with E-state index in [1.54, 1.807) is 0 Å². The molecule has 0 amide bonds. The number of aryl methyl sites for hydroxylation is 1. The van der Waals surface area contributed by atoms with Crippen molar-refractivity contribution in [1.82, 2.24) is 19.9 Å². The lowest BCUT2D eigenvalue weighted by Crippen LogP contribution is -2.39. The van der Waals surface area contributed by atoms with Crippen LogP contribution < -0.4 is 10.6 Å². The maximum Gasteiger partial charge on any atom is 0.215 e. The predicted molar refractivity (Wildman–Crippen MR) is 117 cm³/mol. The Morgan fingerprint density at radius 3 is 2.61 bits per heavy atom. The number of sulfonamides is 1. The third-order valence-corrected chi connectivity index (χ3v) is 6.76. The fourth-order valence-corrected chi connectivity index (χ4v) is 4.61. The van der Waals surface area contributed by atoms with Crippen LogP contribution in [0.2, 0.25) is 0 Å². The van der Waals surface area contributed by atoms with Gasteiger partial charge in [0.2, 0.25) is 10.0 Å². The molecule has 1 aromatic heterocycles. The van der Waals surface area contributed by atoms with Gasteiger partial charge < -0.3 is 15.6 Å². The fourth-order valence-electron chi connectivity index (χ4n) is 3.25. The Bertz CT molecular complexity index is 885. The first-order valence-corrected chi connectivity index (χ1v) is 11.6. The molecule has 0 aliphatic rings. The first kappa shape index (κ1) is 22.2. The molecule has 0 aliphatic heterocycles. The molecule has 2 aromatic rings. The second-order valence-corrected chi connectivity index (χ2v) is 8.74. The molecule has 7 nitrogen and oxygen atoms in total. The number of hydrogen-bond donors (Lipinski definition) is 3. The zero-order valence-electron chi connectivity index (χ0n) is 17.4. The zero-order valence-corrected chi connectivity index (χ0v) is 18.2. The van der Waals surface area contributed by atoms with Gasteiger partial charge in [-0.25, -0.2) is 12.7 Å². The van der Waals surface area contributed by atoms with Crippen molar-refractivity contribution in [2.24, 2.45) is 4.99 Å². The van der Waals surface area contributed by atoms with Crippen LogP contribution in [0.15, 0.2) is 29.4 Å². The summed E-state index contributed by atoms with van der Waals surface area (Å²) in [6.45, 7) is 10.5. The molecule has 0 atom stereocenters. The normalized spacial score (nSPS) is 12.7. The highest BCUT2D eigenvalue weighted by atomic mass is 32.2. The van der Waals surface area contributed by atoms with Crippen LogP contribution in [-0.2, 0) is 16.4 Å². The van der Waals surface area contributed by atoms with Crippen LogP contribution in [-0.4, -0.2) is 62.1 Å². The zero-order chi connectivity index (χ0) is 20.6. The maximum absolute atomic E-state index is 12.3. The lowest BCUT2D eigenvalue weighted by Gasteiger charge is -2.18.